The number of aromatic nitrogens is 1. The molecule has 0 aliphatic carbocycles. The van der Waals surface area contributed by atoms with Crippen LogP contribution in [-0.4, -0.2) is 22.2 Å². The van der Waals surface area contributed by atoms with Gasteiger partial charge < -0.3 is 14.9 Å². The molecule has 1 aromatic heterocycles. The molecule has 2 aromatic rings. The van der Waals surface area contributed by atoms with E-state index in [1.807, 2.05) is 0 Å². The number of hydrogen-bond donors (Lipinski definition) is 2. The van der Waals surface area contributed by atoms with Crippen molar-refractivity contribution in [3.63, 3.8) is 0 Å². The molecule has 2 N–H and O–H groups in total. The van der Waals surface area contributed by atoms with Gasteiger partial charge in [-0.25, -0.2) is 4.39 Å². The van der Waals surface area contributed by atoms with E-state index in [1.54, 1.807) is 6.92 Å². The Morgan fingerprint density at radius 3 is 2.81 bits per heavy atom. The van der Waals surface area contributed by atoms with E-state index in [1.165, 1.54) is 31.2 Å². The summed E-state index contributed by atoms with van der Waals surface area (Å²) in [6.45, 7) is 3.19. The maximum atomic E-state index is 13.7. The van der Waals surface area contributed by atoms with Crippen molar-refractivity contribution in [2.75, 3.05) is 0 Å². The smallest absolute Gasteiger partial charge is 0.273 e. The maximum absolute atomic E-state index is 13.7. The number of aliphatic hydroxyl groups is 1. The minimum absolute atomic E-state index is 0.0525. The van der Waals surface area contributed by atoms with Crippen molar-refractivity contribution < 1.29 is 18.8 Å². The van der Waals surface area contributed by atoms with Crippen molar-refractivity contribution in [2.24, 2.45) is 0 Å². The van der Waals surface area contributed by atoms with Crippen molar-refractivity contribution in [3.8, 4) is 0 Å². The van der Waals surface area contributed by atoms with Gasteiger partial charge in [0.15, 0.2) is 5.69 Å². The highest BCUT2D eigenvalue weighted by Crippen LogP contribution is 2.27. The van der Waals surface area contributed by atoms with E-state index >= 15 is 0 Å². The summed E-state index contributed by atoms with van der Waals surface area (Å²) in [6.07, 6.45) is -1.28. The molecule has 112 valence electrons. The lowest BCUT2D eigenvalue weighted by Gasteiger charge is -2.21. The standard InChI is InChI=1S/C14H14ClFN2O3/c1-7-6-11(18-21-7)14(20)17-8(2)13(19)12-9(15)4-3-5-10(12)16/h3-6,8,13,19H,1-2H3,(H,17,20)/t8-,13-/m0/s1. The lowest BCUT2D eigenvalue weighted by Crippen LogP contribution is -2.37. The molecule has 0 aliphatic heterocycles. The summed E-state index contributed by atoms with van der Waals surface area (Å²) in [5, 5.41) is 16.4. The molecular formula is C14H14ClFN2O3. The van der Waals surface area contributed by atoms with E-state index in [2.05, 4.69) is 10.5 Å². The van der Waals surface area contributed by atoms with Gasteiger partial charge in [-0.15, -0.1) is 0 Å². The predicted molar refractivity (Wildman–Crippen MR) is 74.5 cm³/mol. The third-order valence-corrected chi connectivity index (χ3v) is 3.32. The first kappa shape index (κ1) is 15.5. The van der Waals surface area contributed by atoms with Gasteiger partial charge in [0, 0.05) is 16.7 Å². The Hall–Kier alpha value is -1.92. The first-order valence-corrected chi connectivity index (χ1v) is 6.64. The van der Waals surface area contributed by atoms with E-state index in [9.17, 15) is 14.3 Å². The SMILES string of the molecule is Cc1cc(C(=O)N[C@@H](C)[C@H](O)c2c(F)cccc2Cl)no1. The second kappa shape index (κ2) is 6.24. The van der Waals surface area contributed by atoms with Crippen LogP contribution in [0, 0.1) is 12.7 Å². The van der Waals surface area contributed by atoms with Crippen LogP contribution in [0.1, 0.15) is 34.8 Å². The molecule has 0 spiro atoms. The molecule has 0 unspecified atom stereocenters. The van der Waals surface area contributed by atoms with E-state index in [0.717, 1.165) is 0 Å². The van der Waals surface area contributed by atoms with Crippen LogP contribution in [0.25, 0.3) is 0 Å². The fraction of sp³-hybridized carbons (Fsp3) is 0.286. The Morgan fingerprint density at radius 1 is 1.52 bits per heavy atom. The highest BCUT2D eigenvalue weighted by atomic mass is 35.5. The summed E-state index contributed by atoms with van der Waals surface area (Å²) >= 11 is 5.89. The number of carbonyl (C=O) groups excluding carboxylic acids is 1. The number of hydrogen-bond acceptors (Lipinski definition) is 4. The van der Waals surface area contributed by atoms with E-state index in [4.69, 9.17) is 16.1 Å². The number of nitrogens with one attached hydrogen (secondary N) is 1. The van der Waals surface area contributed by atoms with Crippen molar-refractivity contribution in [1.82, 2.24) is 10.5 Å². The first-order chi connectivity index (χ1) is 9.90. The summed E-state index contributed by atoms with van der Waals surface area (Å²) in [6, 6.07) is 4.81. The lowest BCUT2D eigenvalue weighted by molar-refractivity contribution is 0.0837. The Balaban J connectivity index is 2.13. The average Bonchev–Trinajstić information content (AvgIpc) is 2.85. The largest absolute Gasteiger partial charge is 0.386 e. The van der Waals surface area contributed by atoms with Gasteiger partial charge >= 0.3 is 0 Å². The highest BCUT2D eigenvalue weighted by molar-refractivity contribution is 6.31. The van der Waals surface area contributed by atoms with Crippen LogP contribution in [0.2, 0.25) is 5.02 Å². The van der Waals surface area contributed by atoms with E-state index < -0.39 is 23.9 Å². The van der Waals surface area contributed by atoms with Gasteiger partial charge in [-0.3, -0.25) is 4.79 Å². The zero-order valence-electron chi connectivity index (χ0n) is 11.4. The van der Waals surface area contributed by atoms with Crippen molar-refractivity contribution >= 4 is 17.5 Å². The molecule has 2 rings (SSSR count). The molecule has 0 saturated carbocycles. The second-order valence-corrected chi connectivity index (χ2v) is 5.07. The third-order valence-electron chi connectivity index (χ3n) is 2.99. The summed E-state index contributed by atoms with van der Waals surface area (Å²) in [5.74, 6) is -0.662. The zero-order chi connectivity index (χ0) is 15.6. The van der Waals surface area contributed by atoms with Crippen LogP contribution in [-0.2, 0) is 0 Å². The van der Waals surface area contributed by atoms with Gasteiger partial charge in [0.25, 0.3) is 5.91 Å². The second-order valence-electron chi connectivity index (χ2n) is 4.67. The van der Waals surface area contributed by atoms with Crippen LogP contribution in [0.5, 0.6) is 0 Å². The molecule has 0 fully saturated rings. The van der Waals surface area contributed by atoms with Crippen molar-refractivity contribution in [3.05, 3.63) is 52.1 Å². The number of benzene rings is 1. The van der Waals surface area contributed by atoms with Crippen LogP contribution >= 0.6 is 11.6 Å². The number of aliphatic hydroxyl groups excluding tert-OH is 1. The molecule has 7 heteroatoms. The highest BCUT2D eigenvalue weighted by Gasteiger charge is 2.25. The molecule has 0 bridgehead atoms. The molecule has 2 atom stereocenters. The van der Waals surface area contributed by atoms with Crippen LogP contribution in [0.4, 0.5) is 4.39 Å². The average molecular weight is 313 g/mol. The number of amides is 1. The molecule has 0 saturated heterocycles. The first-order valence-electron chi connectivity index (χ1n) is 6.26. The molecular weight excluding hydrogens is 299 g/mol. The Bertz CT molecular complexity index is 639. The normalized spacial score (nSPS) is 13.8. The lowest BCUT2D eigenvalue weighted by atomic mass is 10.0. The fourth-order valence-electron chi connectivity index (χ4n) is 1.88. The molecule has 1 amide bonds. The minimum Gasteiger partial charge on any atom is -0.386 e. The zero-order valence-corrected chi connectivity index (χ0v) is 12.2. The summed E-state index contributed by atoms with van der Waals surface area (Å²) in [5.41, 5.74) is 0.0366. The monoisotopic (exact) mass is 312 g/mol. The summed E-state index contributed by atoms with van der Waals surface area (Å²) in [7, 11) is 0. The van der Waals surface area contributed by atoms with Crippen molar-refractivity contribution in [1.29, 1.82) is 0 Å². The molecule has 0 radical (unpaired) electrons. The van der Waals surface area contributed by atoms with Gasteiger partial charge in [-0.2, -0.15) is 0 Å². The van der Waals surface area contributed by atoms with Gasteiger partial charge in [0.2, 0.25) is 0 Å². The molecule has 0 aliphatic rings. The predicted octanol–water partition coefficient (Wildman–Crippen LogP) is 2.63. The quantitative estimate of drug-likeness (QED) is 0.910. The molecule has 1 aromatic carbocycles. The van der Waals surface area contributed by atoms with Gasteiger partial charge in [0.1, 0.15) is 17.7 Å². The Morgan fingerprint density at radius 2 is 2.24 bits per heavy atom. The fourth-order valence-corrected chi connectivity index (χ4v) is 2.15. The Kier molecular flexibility index (Phi) is 4.59. The van der Waals surface area contributed by atoms with Crippen LogP contribution in [0.3, 0.4) is 0 Å². The number of rotatable bonds is 4. The number of nitrogens with zero attached hydrogens (tertiary/aromatic N) is 1. The van der Waals surface area contributed by atoms with Crippen LogP contribution < -0.4 is 5.32 Å². The molecule has 21 heavy (non-hydrogen) atoms. The maximum Gasteiger partial charge on any atom is 0.273 e. The minimum atomic E-state index is -1.28. The van der Waals surface area contributed by atoms with Gasteiger partial charge in [-0.1, -0.05) is 22.8 Å². The van der Waals surface area contributed by atoms with Crippen LogP contribution in [0.15, 0.2) is 28.8 Å². The number of aryl methyl sites for hydroxylation is 1. The molecule has 1 heterocycles. The Labute approximate surface area is 125 Å². The summed E-state index contributed by atoms with van der Waals surface area (Å²) < 4.78 is 18.5. The molecule has 5 nitrogen and oxygen atoms in total. The van der Waals surface area contributed by atoms with E-state index in [-0.39, 0.29) is 16.3 Å². The summed E-state index contributed by atoms with van der Waals surface area (Å²) in [4.78, 5) is 11.9. The number of carbonyl (C=O) groups is 1. The van der Waals surface area contributed by atoms with Gasteiger partial charge in [-0.05, 0) is 26.0 Å². The van der Waals surface area contributed by atoms with Crippen molar-refractivity contribution in [2.45, 2.75) is 26.0 Å². The topological polar surface area (TPSA) is 75.4 Å². The third kappa shape index (κ3) is 3.40. The number of halogens is 2. The van der Waals surface area contributed by atoms with Gasteiger partial charge in [0.05, 0.1) is 6.04 Å². The van der Waals surface area contributed by atoms with E-state index in [0.29, 0.717) is 5.76 Å².